The molecule has 0 spiro atoms. The Labute approximate surface area is 90.0 Å². The second-order valence-corrected chi connectivity index (χ2v) is 3.25. The van der Waals surface area contributed by atoms with Crippen LogP contribution in [0.3, 0.4) is 0 Å². The van der Waals surface area contributed by atoms with Crippen LogP contribution in [0.4, 0.5) is 17.6 Å². The smallest absolute Gasteiger partial charge is 0.388 e. The monoisotopic (exact) mass is 234 g/mol. The van der Waals surface area contributed by atoms with Crippen molar-refractivity contribution in [3.05, 3.63) is 47.8 Å². The van der Waals surface area contributed by atoms with Gasteiger partial charge in [-0.25, -0.2) is 4.39 Å². The number of aliphatic hydroxyl groups is 1. The number of benzene rings is 1. The molecule has 1 aromatic rings. The van der Waals surface area contributed by atoms with Crippen LogP contribution in [0.1, 0.15) is 23.7 Å². The van der Waals surface area contributed by atoms with Crippen molar-refractivity contribution >= 4 is 0 Å². The first-order valence-electron chi connectivity index (χ1n) is 4.52. The fourth-order valence-corrected chi connectivity index (χ4v) is 1.31. The molecule has 1 N–H and O–H groups in total. The molecular formula is C11H10F4O. The number of rotatable bonds is 3. The van der Waals surface area contributed by atoms with Gasteiger partial charge in [-0.3, -0.25) is 0 Å². The van der Waals surface area contributed by atoms with E-state index in [1.54, 1.807) is 0 Å². The van der Waals surface area contributed by atoms with Crippen molar-refractivity contribution in [2.24, 2.45) is 0 Å². The van der Waals surface area contributed by atoms with Crippen molar-refractivity contribution < 1.29 is 22.7 Å². The summed E-state index contributed by atoms with van der Waals surface area (Å²) >= 11 is 0. The van der Waals surface area contributed by atoms with Crippen LogP contribution in [0, 0.1) is 5.82 Å². The summed E-state index contributed by atoms with van der Waals surface area (Å²) in [5.74, 6) is -1.43. The minimum Gasteiger partial charge on any atom is -0.388 e. The number of hydrogen-bond acceptors (Lipinski definition) is 1. The summed E-state index contributed by atoms with van der Waals surface area (Å²) in [5, 5.41) is 9.41. The third kappa shape index (κ3) is 2.61. The predicted octanol–water partition coefficient (Wildman–Crippen LogP) is 3.45. The van der Waals surface area contributed by atoms with Gasteiger partial charge in [-0.15, -0.1) is 6.58 Å². The quantitative estimate of drug-likeness (QED) is 0.627. The highest BCUT2D eigenvalue weighted by Crippen LogP contribution is 2.34. The van der Waals surface area contributed by atoms with E-state index in [1.165, 1.54) is 6.08 Å². The molecule has 1 unspecified atom stereocenters. The van der Waals surface area contributed by atoms with Crippen LogP contribution in [-0.2, 0) is 6.18 Å². The zero-order valence-corrected chi connectivity index (χ0v) is 8.26. The molecule has 0 radical (unpaired) electrons. The average molecular weight is 234 g/mol. The molecule has 1 nitrogen and oxygen atoms in total. The van der Waals surface area contributed by atoms with E-state index < -0.39 is 23.7 Å². The lowest BCUT2D eigenvalue weighted by Crippen LogP contribution is -2.11. The zero-order valence-electron chi connectivity index (χ0n) is 8.26. The van der Waals surface area contributed by atoms with Crippen molar-refractivity contribution in [1.29, 1.82) is 0 Å². The van der Waals surface area contributed by atoms with Gasteiger partial charge in [0.25, 0.3) is 0 Å². The molecule has 0 saturated heterocycles. The maximum atomic E-state index is 13.4. The van der Waals surface area contributed by atoms with Gasteiger partial charge in [0.2, 0.25) is 0 Å². The maximum absolute atomic E-state index is 13.4. The normalized spacial score (nSPS) is 13.6. The highest BCUT2D eigenvalue weighted by molar-refractivity contribution is 5.29. The summed E-state index contributed by atoms with van der Waals surface area (Å²) in [5.41, 5.74) is -1.73. The fraction of sp³-hybridized carbons (Fsp3) is 0.273. The van der Waals surface area contributed by atoms with Crippen molar-refractivity contribution in [3.8, 4) is 0 Å². The lowest BCUT2D eigenvalue weighted by molar-refractivity contribution is -0.140. The van der Waals surface area contributed by atoms with Crippen LogP contribution in [0.15, 0.2) is 30.9 Å². The number of aliphatic hydroxyl groups excluding tert-OH is 1. The number of hydrogen-bond donors (Lipinski definition) is 1. The summed E-state index contributed by atoms with van der Waals surface area (Å²) < 4.78 is 50.4. The van der Waals surface area contributed by atoms with E-state index in [9.17, 15) is 22.7 Å². The van der Waals surface area contributed by atoms with Crippen molar-refractivity contribution in [1.82, 2.24) is 0 Å². The summed E-state index contributed by atoms with van der Waals surface area (Å²) in [7, 11) is 0. The average Bonchev–Trinajstić information content (AvgIpc) is 2.16. The van der Waals surface area contributed by atoms with Gasteiger partial charge < -0.3 is 5.11 Å². The van der Waals surface area contributed by atoms with Gasteiger partial charge in [0, 0.05) is 5.56 Å². The largest absolute Gasteiger partial charge is 0.419 e. The van der Waals surface area contributed by atoms with E-state index in [2.05, 4.69) is 6.58 Å². The summed E-state index contributed by atoms with van der Waals surface area (Å²) in [4.78, 5) is 0. The van der Waals surface area contributed by atoms with Crippen LogP contribution >= 0.6 is 0 Å². The lowest BCUT2D eigenvalue weighted by Gasteiger charge is -2.14. The number of halogens is 4. The summed E-state index contributed by atoms with van der Waals surface area (Å²) in [6, 6.07) is 2.83. The Hall–Kier alpha value is -1.36. The molecule has 0 amide bonds. The molecule has 0 aliphatic heterocycles. The van der Waals surface area contributed by atoms with Gasteiger partial charge in [-0.1, -0.05) is 18.2 Å². The molecule has 0 aliphatic rings. The molecule has 1 atom stereocenters. The highest BCUT2D eigenvalue weighted by atomic mass is 19.4. The Morgan fingerprint density at radius 1 is 1.38 bits per heavy atom. The third-order valence-corrected chi connectivity index (χ3v) is 2.08. The van der Waals surface area contributed by atoms with Crippen molar-refractivity contribution in [2.75, 3.05) is 0 Å². The van der Waals surface area contributed by atoms with E-state index >= 15 is 0 Å². The molecular weight excluding hydrogens is 224 g/mol. The molecule has 0 fully saturated rings. The van der Waals surface area contributed by atoms with Crippen molar-refractivity contribution in [2.45, 2.75) is 18.7 Å². The van der Waals surface area contributed by atoms with Crippen LogP contribution in [-0.4, -0.2) is 5.11 Å². The first-order chi connectivity index (χ1) is 7.38. The third-order valence-electron chi connectivity index (χ3n) is 2.08. The van der Waals surface area contributed by atoms with Crippen LogP contribution in [0.5, 0.6) is 0 Å². The van der Waals surface area contributed by atoms with Gasteiger partial charge >= 0.3 is 6.18 Å². The predicted molar refractivity (Wildman–Crippen MR) is 51.2 cm³/mol. The molecule has 1 aromatic carbocycles. The van der Waals surface area contributed by atoms with E-state index in [0.29, 0.717) is 6.07 Å². The Morgan fingerprint density at radius 3 is 2.50 bits per heavy atom. The van der Waals surface area contributed by atoms with Gasteiger partial charge in [-0.2, -0.15) is 13.2 Å². The lowest BCUT2D eigenvalue weighted by atomic mass is 10.0. The first-order valence-corrected chi connectivity index (χ1v) is 4.52. The molecule has 88 valence electrons. The molecule has 0 aromatic heterocycles. The van der Waals surface area contributed by atoms with Gasteiger partial charge in [-0.05, 0) is 12.5 Å². The van der Waals surface area contributed by atoms with E-state index in [-0.39, 0.29) is 12.0 Å². The molecule has 5 heteroatoms. The van der Waals surface area contributed by atoms with Crippen LogP contribution < -0.4 is 0 Å². The molecule has 0 heterocycles. The molecule has 0 bridgehead atoms. The Kier molecular flexibility index (Phi) is 3.70. The fourth-order valence-electron chi connectivity index (χ4n) is 1.31. The SMILES string of the molecule is C=CCC(O)c1cccc(C(F)(F)F)c1F. The van der Waals surface area contributed by atoms with Gasteiger partial charge in [0.05, 0.1) is 11.7 Å². The summed E-state index contributed by atoms with van der Waals surface area (Å²) in [6.45, 7) is 3.32. The highest BCUT2D eigenvalue weighted by Gasteiger charge is 2.35. The molecule has 1 rings (SSSR count). The first kappa shape index (κ1) is 12.7. The molecule has 16 heavy (non-hydrogen) atoms. The molecule has 0 saturated carbocycles. The van der Waals surface area contributed by atoms with E-state index in [1.807, 2.05) is 0 Å². The van der Waals surface area contributed by atoms with Crippen LogP contribution in [0.2, 0.25) is 0 Å². The van der Waals surface area contributed by atoms with E-state index in [0.717, 1.165) is 12.1 Å². The Balaban J connectivity index is 3.18. The number of alkyl halides is 3. The van der Waals surface area contributed by atoms with Gasteiger partial charge in [0.1, 0.15) is 5.82 Å². The van der Waals surface area contributed by atoms with E-state index in [4.69, 9.17) is 0 Å². The topological polar surface area (TPSA) is 20.2 Å². The van der Waals surface area contributed by atoms with Crippen molar-refractivity contribution in [3.63, 3.8) is 0 Å². The van der Waals surface area contributed by atoms with Crippen LogP contribution in [0.25, 0.3) is 0 Å². The summed E-state index contributed by atoms with van der Waals surface area (Å²) in [6.07, 6.45) is -4.75. The maximum Gasteiger partial charge on any atom is 0.419 e. The zero-order chi connectivity index (χ0) is 12.3. The second-order valence-electron chi connectivity index (χ2n) is 3.25. The Bertz CT molecular complexity index is 384. The minimum absolute atomic E-state index is 0.00176. The second kappa shape index (κ2) is 4.65. The minimum atomic E-state index is -4.76. The van der Waals surface area contributed by atoms with Gasteiger partial charge in [0.15, 0.2) is 0 Å². The molecule has 0 aliphatic carbocycles. The standard InChI is InChI=1S/C11H10F4O/c1-2-4-9(16)7-5-3-6-8(10(7)12)11(13,14)15/h2-3,5-6,9,16H,1,4H2. The Morgan fingerprint density at radius 2 is 2.00 bits per heavy atom.